The molecule has 0 aliphatic carbocycles. The number of fused-ring (bicyclic) bond motifs is 1. The summed E-state index contributed by atoms with van der Waals surface area (Å²) >= 11 is 0. The van der Waals surface area contributed by atoms with E-state index in [1.807, 2.05) is 36.4 Å². The fraction of sp³-hybridized carbons (Fsp3) is 0.368. The SMILES string of the molecule is CCCCC(C)(C)c1ccc(O)c(-n2nc3ccccc3n2)c1. The summed E-state index contributed by atoms with van der Waals surface area (Å²) in [6.07, 6.45) is 3.48. The zero-order chi connectivity index (χ0) is 16.4. The lowest BCUT2D eigenvalue weighted by atomic mass is 9.80. The third-order valence-corrected chi connectivity index (χ3v) is 4.41. The number of rotatable bonds is 5. The molecule has 3 rings (SSSR count). The van der Waals surface area contributed by atoms with Gasteiger partial charge in [0.25, 0.3) is 0 Å². The second-order valence-corrected chi connectivity index (χ2v) is 6.67. The topological polar surface area (TPSA) is 50.9 Å². The molecule has 3 aromatic rings. The molecule has 4 heteroatoms. The number of hydrogen-bond donors (Lipinski definition) is 1. The standard InChI is InChI=1S/C19H23N3O/c1-4-5-12-19(2,3)14-10-11-18(23)17(13-14)22-20-15-8-6-7-9-16(15)21-22/h6-11,13,23H,4-5,12H2,1-3H3. The molecule has 1 aromatic heterocycles. The number of aromatic nitrogens is 3. The highest BCUT2D eigenvalue weighted by Gasteiger charge is 2.22. The molecule has 4 nitrogen and oxygen atoms in total. The Morgan fingerprint density at radius 1 is 1.04 bits per heavy atom. The third-order valence-electron chi connectivity index (χ3n) is 4.41. The van der Waals surface area contributed by atoms with Crippen LogP contribution in [0.1, 0.15) is 45.6 Å². The van der Waals surface area contributed by atoms with Gasteiger partial charge >= 0.3 is 0 Å². The Hall–Kier alpha value is -2.36. The van der Waals surface area contributed by atoms with Crippen LogP contribution in [0, 0.1) is 0 Å². The molecule has 0 radical (unpaired) electrons. The zero-order valence-corrected chi connectivity index (χ0v) is 14.0. The Bertz CT molecular complexity index is 787. The van der Waals surface area contributed by atoms with Gasteiger partial charge in [-0.3, -0.25) is 0 Å². The minimum atomic E-state index is 0.0606. The van der Waals surface area contributed by atoms with Crippen molar-refractivity contribution in [3.8, 4) is 11.4 Å². The predicted molar refractivity (Wildman–Crippen MR) is 93.1 cm³/mol. The molecular formula is C19H23N3O. The minimum absolute atomic E-state index is 0.0606. The highest BCUT2D eigenvalue weighted by molar-refractivity contribution is 5.73. The Balaban J connectivity index is 2.03. The summed E-state index contributed by atoms with van der Waals surface area (Å²) in [5.41, 5.74) is 3.53. The quantitative estimate of drug-likeness (QED) is 0.749. The first kappa shape index (κ1) is 15.5. The lowest BCUT2D eigenvalue weighted by Gasteiger charge is -2.25. The molecular weight excluding hydrogens is 286 g/mol. The lowest BCUT2D eigenvalue weighted by molar-refractivity contribution is 0.449. The second-order valence-electron chi connectivity index (χ2n) is 6.67. The van der Waals surface area contributed by atoms with E-state index >= 15 is 0 Å². The number of unbranched alkanes of at least 4 members (excludes halogenated alkanes) is 1. The molecule has 0 fully saturated rings. The monoisotopic (exact) mass is 309 g/mol. The van der Waals surface area contributed by atoms with Crippen molar-refractivity contribution in [3.63, 3.8) is 0 Å². The lowest BCUT2D eigenvalue weighted by Crippen LogP contribution is -2.17. The van der Waals surface area contributed by atoms with Gasteiger partial charge in [-0.05, 0) is 41.7 Å². The van der Waals surface area contributed by atoms with Crippen LogP contribution in [0.25, 0.3) is 16.7 Å². The van der Waals surface area contributed by atoms with E-state index in [4.69, 9.17) is 0 Å². The fourth-order valence-electron chi connectivity index (χ4n) is 2.84. The van der Waals surface area contributed by atoms with E-state index in [9.17, 15) is 5.11 Å². The summed E-state index contributed by atoms with van der Waals surface area (Å²) in [7, 11) is 0. The Labute approximate surface area is 136 Å². The van der Waals surface area contributed by atoms with Crippen molar-refractivity contribution in [1.29, 1.82) is 0 Å². The van der Waals surface area contributed by atoms with Crippen LogP contribution < -0.4 is 0 Å². The molecule has 0 aliphatic heterocycles. The number of phenolic OH excluding ortho intramolecular Hbond substituents is 1. The van der Waals surface area contributed by atoms with Crippen molar-refractivity contribution in [3.05, 3.63) is 48.0 Å². The molecule has 23 heavy (non-hydrogen) atoms. The van der Waals surface area contributed by atoms with Gasteiger partial charge in [0.2, 0.25) is 0 Å². The Morgan fingerprint density at radius 3 is 2.30 bits per heavy atom. The van der Waals surface area contributed by atoms with E-state index in [2.05, 4.69) is 31.0 Å². The van der Waals surface area contributed by atoms with Gasteiger partial charge in [-0.2, -0.15) is 0 Å². The number of hydrogen-bond acceptors (Lipinski definition) is 3. The molecule has 0 unspecified atom stereocenters. The van der Waals surface area contributed by atoms with E-state index < -0.39 is 0 Å². The molecule has 0 saturated carbocycles. The van der Waals surface area contributed by atoms with Gasteiger partial charge in [-0.15, -0.1) is 15.0 Å². The van der Waals surface area contributed by atoms with Crippen molar-refractivity contribution in [2.45, 2.75) is 45.4 Å². The van der Waals surface area contributed by atoms with Crippen LogP contribution in [-0.2, 0) is 5.41 Å². The van der Waals surface area contributed by atoms with Crippen LogP contribution in [0.5, 0.6) is 5.75 Å². The predicted octanol–water partition coefficient (Wildman–Crippen LogP) is 4.59. The minimum Gasteiger partial charge on any atom is -0.506 e. The van der Waals surface area contributed by atoms with Gasteiger partial charge in [0.1, 0.15) is 22.5 Å². The molecule has 120 valence electrons. The van der Waals surface area contributed by atoms with Gasteiger partial charge in [-0.1, -0.05) is 51.8 Å². The Kier molecular flexibility index (Phi) is 4.07. The van der Waals surface area contributed by atoms with Gasteiger partial charge < -0.3 is 5.11 Å². The molecule has 0 bridgehead atoms. The van der Waals surface area contributed by atoms with Crippen molar-refractivity contribution in [2.24, 2.45) is 0 Å². The molecule has 0 aliphatic rings. The van der Waals surface area contributed by atoms with Gasteiger partial charge in [0, 0.05) is 0 Å². The molecule has 1 N–H and O–H groups in total. The fourth-order valence-corrected chi connectivity index (χ4v) is 2.84. The van der Waals surface area contributed by atoms with Crippen molar-refractivity contribution < 1.29 is 5.11 Å². The molecule has 1 heterocycles. The van der Waals surface area contributed by atoms with E-state index in [-0.39, 0.29) is 11.2 Å². The van der Waals surface area contributed by atoms with E-state index in [1.165, 1.54) is 23.2 Å². The maximum Gasteiger partial charge on any atom is 0.143 e. The third kappa shape index (κ3) is 3.07. The average Bonchev–Trinajstić information content (AvgIpc) is 2.97. The first-order valence-electron chi connectivity index (χ1n) is 8.17. The summed E-state index contributed by atoms with van der Waals surface area (Å²) in [5.74, 6) is 0.195. The van der Waals surface area contributed by atoms with Crippen molar-refractivity contribution in [2.75, 3.05) is 0 Å². The van der Waals surface area contributed by atoms with E-state index in [0.29, 0.717) is 5.69 Å². The summed E-state index contributed by atoms with van der Waals surface area (Å²) in [6.45, 7) is 6.69. The van der Waals surface area contributed by atoms with Crippen molar-refractivity contribution >= 4 is 11.0 Å². The largest absolute Gasteiger partial charge is 0.506 e. The molecule has 0 amide bonds. The molecule has 0 atom stereocenters. The first-order chi connectivity index (χ1) is 11.0. The van der Waals surface area contributed by atoms with Crippen LogP contribution in [0.15, 0.2) is 42.5 Å². The van der Waals surface area contributed by atoms with Gasteiger partial charge in [-0.25, -0.2) is 0 Å². The molecule has 2 aromatic carbocycles. The number of nitrogens with zero attached hydrogens (tertiary/aromatic N) is 3. The summed E-state index contributed by atoms with van der Waals surface area (Å²) in [6, 6.07) is 13.5. The summed E-state index contributed by atoms with van der Waals surface area (Å²) in [5, 5.41) is 19.2. The zero-order valence-electron chi connectivity index (χ0n) is 14.0. The first-order valence-corrected chi connectivity index (χ1v) is 8.17. The smallest absolute Gasteiger partial charge is 0.143 e. The maximum absolute atomic E-state index is 10.3. The molecule has 0 spiro atoms. The van der Waals surface area contributed by atoms with Crippen LogP contribution in [-0.4, -0.2) is 20.1 Å². The second kappa shape index (κ2) is 6.03. The maximum atomic E-state index is 10.3. The van der Waals surface area contributed by atoms with E-state index in [1.54, 1.807) is 6.07 Å². The molecule has 0 saturated heterocycles. The normalized spacial score (nSPS) is 12.0. The number of phenols is 1. The van der Waals surface area contributed by atoms with Gasteiger partial charge in [0.15, 0.2) is 0 Å². The summed E-state index contributed by atoms with van der Waals surface area (Å²) in [4.78, 5) is 1.53. The van der Waals surface area contributed by atoms with Crippen LogP contribution in [0.3, 0.4) is 0 Å². The number of benzene rings is 2. The van der Waals surface area contributed by atoms with Gasteiger partial charge in [0.05, 0.1) is 0 Å². The highest BCUT2D eigenvalue weighted by Crippen LogP contribution is 2.33. The van der Waals surface area contributed by atoms with Crippen LogP contribution >= 0.6 is 0 Å². The average molecular weight is 309 g/mol. The van der Waals surface area contributed by atoms with E-state index in [0.717, 1.165) is 17.5 Å². The van der Waals surface area contributed by atoms with Crippen LogP contribution in [0.4, 0.5) is 0 Å². The van der Waals surface area contributed by atoms with Crippen molar-refractivity contribution in [1.82, 2.24) is 15.0 Å². The summed E-state index contributed by atoms with van der Waals surface area (Å²) < 4.78 is 0. The highest BCUT2D eigenvalue weighted by atomic mass is 16.3. The number of aromatic hydroxyl groups is 1. The van der Waals surface area contributed by atoms with Crippen LogP contribution in [0.2, 0.25) is 0 Å². The Morgan fingerprint density at radius 2 is 1.70 bits per heavy atom.